The van der Waals surface area contributed by atoms with E-state index < -0.39 is 10.0 Å². The zero-order chi connectivity index (χ0) is 24.7. The van der Waals surface area contributed by atoms with E-state index in [2.05, 4.69) is 22.0 Å². The van der Waals surface area contributed by atoms with Gasteiger partial charge < -0.3 is 14.4 Å². The zero-order valence-electron chi connectivity index (χ0n) is 20.3. The normalized spacial score (nSPS) is 15.3. The highest BCUT2D eigenvalue weighted by Crippen LogP contribution is 2.28. The molecule has 0 aliphatic carbocycles. The van der Waals surface area contributed by atoms with Crippen molar-refractivity contribution in [2.45, 2.75) is 36.7 Å². The fourth-order valence-electron chi connectivity index (χ4n) is 4.49. The Hall–Kier alpha value is -2.94. The number of methoxy groups -OCH3 is 2. The summed E-state index contributed by atoms with van der Waals surface area (Å²) in [5.74, 6) is 1.39. The number of ether oxygens (including phenoxy) is 2. The van der Waals surface area contributed by atoms with Gasteiger partial charge in [-0.15, -0.1) is 0 Å². The largest absolute Gasteiger partial charge is 0.497 e. The number of piperidine rings is 1. The zero-order valence-corrected chi connectivity index (χ0v) is 21.2. The molecule has 1 aliphatic heterocycles. The second-order valence-corrected chi connectivity index (χ2v) is 10.7. The fraction of sp³-hybridized carbons (Fsp3) is 0.370. The van der Waals surface area contributed by atoms with E-state index in [9.17, 15) is 8.42 Å². The number of hydrogen-bond acceptors (Lipinski definition) is 6. The lowest BCUT2D eigenvalue weighted by Crippen LogP contribution is -2.47. The fourth-order valence-corrected chi connectivity index (χ4v) is 6.20. The number of aromatic nitrogens is 1. The number of rotatable bonds is 10. The van der Waals surface area contributed by atoms with E-state index in [0.717, 1.165) is 50.2 Å². The molecule has 7 nitrogen and oxygen atoms in total. The standard InChI is InChI=1S/C27H33N3O4S/c1-33-25-10-8-22(9-11-25)12-16-29-17-13-24(14-18-29)30(21-23-5-4-15-28-20-23)35(31,32)27-7-3-6-26(19-27)34-2/h3-11,15,19-20,24H,12-14,16-18,21H2,1-2H3. The molecular formula is C27H33N3O4S. The Balaban J connectivity index is 1.46. The summed E-state index contributed by atoms with van der Waals surface area (Å²) in [6, 6.07) is 18.6. The SMILES string of the molecule is COc1ccc(CCN2CCC(N(Cc3cccnc3)S(=O)(=O)c3cccc(OC)c3)CC2)cc1. The Bertz CT molecular complexity index is 1180. The van der Waals surface area contributed by atoms with Gasteiger partial charge in [0, 0.05) is 37.6 Å². The molecule has 186 valence electrons. The van der Waals surface area contributed by atoms with Crippen molar-refractivity contribution in [3.05, 3.63) is 84.2 Å². The highest BCUT2D eigenvalue weighted by atomic mass is 32.2. The van der Waals surface area contributed by atoms with Gasteiger partial charge in [0.15, 0.2) is 0 Å². The van der Waals surface area contributed by atoms with Gasteiger partial charge >= 0.3 is 0 Å². The molecule has 0 bridgehead atoms. The van der Waals surface area contributed by atoms with E-state index in [0.29, 0.717) is 12.3 Å². The molecule has 0 N–H and O–H groups in total. The molecule has 2 heterocycles. The van der Waals surface area contributed by atoms with Crippen LogP contribution in [0.3, 0.4) is 0 Å². The van der Waals surface area contributed by atoms with Gasteiger partial charge in [0.1, 0.15) is 11.5 Å². The molecule has 0 atom stereocenters. The molecule has 0 amide bonds. The molecule has 1 aliphatic rings. The average molecular weight is 496 g/mol. The Morgan fingerprint density at radius 3 is 2.34 bits per heavy atom. The lowest BCUT2D eigenvalue weighted by atomic mass is 10.0. The van der Waals surface area contributed by atoms with Crippen LogP contribution in [0.4, 0.5) is 0 Å². The van der Waals surface area contributed by atoms with Crippen molar-refractivity contribution in [1.29, 1.82) is 0 Å². The first-order valence-corrected chi connectivity index (χ1v) is 13.3. The lowest BCUT2D eigenvalue weighted by Gasteiger charge is -2.38. The number of benzene rings is 2. The first-order chi connectivity index (χ1) is 17.0. The number of nitrogens with zero attached hydrogens (tertiary/aromatic N) is 3. The van der Waals surface area contributed by atoms with Crippen molar-refractivity contribution >= 4 is 10.0 Å². The van der Waals surface area contributed by atoms with Gasteiger partial charge in [-0.3, -0.25) is 4.98 Å². The summed E-state index contributed by atoms with van der Waals surface area (Å²) in [6.07, 6.45) is 5.96. The van der Waals surface area contributed by atoms with Crippen LogP contribution in [0.2, 0.25) is 0 Å². The van der Waals surface area contributed by atoms with Crippen molar-refractivity contribution < 1.29 is 17.9 Å². The Kier molecular flexibility index (Phi) is 8.38. The first kappa shape index (κ1) is 25.2. The highest BCUT2D eigenvalue weighted by molar-refractivity contribution is 7.89. The number of sulfonamides is 1. The van der Waals surface area contributed by atoms with E-state index in [4.69, 9.17) is 9.47 Å². The monoisotopic (exact) mass is 495 g/mol. The molecule has 2 aromatic carbocycles. The molecule has 3 aromatic rings. The maximum atomic E-state index is 13.8. The van der Waals surface area contributed by atoms with Crippen LogP contribution in [-0.2, 0) is 23.0 Å². The van der Waals surface area contributed by atoms with Crippen molar-refractivity contribution in [1.82, 2.24) is 14.2 Å². The van der Waals surface area contributed by atoms with E-state index in [1.165, 1.54) is 5.56 Å². The number of likely N-dealkylation sites (tertiary alicyclic amines) is 1. The molecular weight excluding hydrogens is 462 g/mol. The summed E-state index contributed by atoms with van der Waals surface area (Å²) >= 11 is 0. The van der Waals surface area contributed by atoms with Crippen LogP contribution in [-0.4, -0.2) is 62.5 Å². The minimum Gasteiger partial charge on any atom is -0.497 e. The predicted molar refractivity (Wildman–Crippen MR) is 136 cm³/mol. The van der Waals surface area contributed by atoms with Crippen LogP contribution in [0.25, 0.3) is 0 Å². The second-order valence-electron chi connectivity index (χ2n) is 8.76. The summed E-state index contributed by atoms with van der Waals surface area (Å²) in [6.45, 7) is 2.96. The summed E-state index contributed by atoms with van der Waals surface area (Å²) in [4.78, 5) is 6.85. The first-order valence-electron chi connectivity index (χ1n) is 11.9. The molecule has 0 saturated carbocycles. The maximum Gasteiger partial charge on any atom is 0.243 e. The van der Waals surface area contributed by atoms with Crippen LogP contribution in [0.1, 0.15) is 24.0 Å². The van der Waals surface area contributed by atoms with Crippen LogP contribution >= 0.6 is 0 Å². The molecule has 35 heavy (non-hydrogen) atoms. The second kappa shape index (κ2) is 11.7. The molecule has 1 aromatic heterocycles. The van der Waals surface area contributed by atoms with E-state index >= 15 is 0 Å². The topological polar surface area (TPSA) is 72.0 Å². The summed E-state index contributed by atoms with van der Waals surface area (Å²) in [5.41, 5.74) is 2.15. The summed E-state index contributed by atoms with van der Waals surface area (Å²) in [7, 11) is -0.501. The van der Waals surface area contributed by atoms with Gasteiger partial charge in [-0.2, -0.15) is 4.31 Å². The van der Waals surface area contributed by atoms with Gasteiger partial charge in [-0.25, -0.2) is 8.42 Å². The van der Waals surface area contributed by atoms with Crippen molar-refractivity contribution in [2.75, 3.05) is 33.9 Å². The van der Waals surface area contributed by atoms with Crippen LogP contribution in [0.15, 0.2) is 78.0 Å². The lowest BCUT2D eigenvalue weighted by molar-refractivity contribution is 0.157. The summed E-state index contributed by atoms with van der Waals surface area (Å²) in [5, 5.41) is 0. The van der Waals surface area contributed by atoms with E-state index in [-0.39, 0.29) is 10.9 Å². The van der Waals surface area contributed by atoms with Crippen LogP contribution < -0.4 is 9.47 Å². The van der Waals surface area contributed by atoms with Crippen molar-refractivity contribution in [2.24, 2.45) is 0 Å². The number of pyridine rings is 1. The Labute approximate surface area is 208 Å². The molecule has 0 unspecified atom stereocenters. The quantitative estimate of drug-likeness (QED) is 0.423. The average Bonchev–Trinajstić information content (AvgIpc) is 2.91. The third kappa shape index (κ3) is 6.39. The van der Waals surface area contributed by atoms with Crippen molar-refractivity contribution in [3.63, 3.8) is 0 Å². The Morgan fingerprint density at radius 1 is 0.943 bits per heavy atom. The third-order valence-corrected chi connectivity index (χ3v) is 8.44. The van der Waals surface area contributed by atoms with Gasteiger partial charge in [0.05, 0.1) is 19.1 Å². The van der Waals surface area contributed by atoms with Gasteiger partial charge in [-0.1, -0.05) is 24.3 Å². The van der Waals surface area contributed by atoms with Crippen LogP contribution in [0.5, 0.6) is 11.5 Å². The molecule has 0 radical (unpaired) electrons. The van der Waals surface area contributed by atoms with Gasteiger partial charge in [0.25, 0.3) is 0 Å². The molecule has 8 heteroatoms. The van der Waals surface area contributed by atoms with Gasteiger partial charge in [0.2, 0.25) is 10.0 Å². The smallest absolute Gasteiger partial charge is 0.243 e. The molecule has 1 saturated heterocycles. The summed E-state index contributed by atoms with van der Waals surface area (Å²) < 4.78 is 39.7. The van der Waals surface area contributed by atoms with E-state index in [1.54, 1.807) is 55.2 Å². The minimum atomic E-state index is -3.72. The minimum absolute atomic E-state index is 0.0800. The maximum absolute atomic E-state index is 13.8. The molecule has 1 fully saturated rings. The highest BCUT2D eigenvalue weighted by Gasteiger charge is 2.34. The third-order valence-electron chi connectivity index (χ3n) is 6.55. The molecule has 4 rings (SSSR count). The number of hydrogen-bond donors (Lipinski definition) is 0. The van der Waals surface area contributed by atoms with E-state index in [1.807, 2.05) is 24.3 Å². The molecule has 0 spiro atoms. The predicted octanol–water partition coefficient (Wildman–Crippen LogP) is 4.00. The Morgan fingerprint density at radius 2 is 1.69 bits per heavy atom. The van der Waals surface area contributed by atoms with Crippen molar-refractivity contribution in [3.8, 4) is 11.5 Å². The van der Waals surface area contributed by atoms with Gasteiger partial charge in [-0.05, 0) is 73.8 Å². The van der Waals surface area contributed by atoms with Crippen LogP contribution in [0, 0.1) is 0 Å².